The molecule has 0 saturated carbocycles. The van der Waals surface area contributed by atoms with Crippen molar-refractivity contribution in [2.75, 3.05) is 0 Å². The highest BCUT2D eigenvalue weighted by Crippen LogP contribution is 2.43. The van der Waals surface area contributed by atoms with Crippen LogP contribution >= 0.6 is 0 Å². The Morgan fingerprint density at radius 1 is 0.449 bits per heavy atom. The summed E-state index contributed by atoms with van der Waals surface area (Å²) in [6.07, 6.45) is 0. The van der Waals surface area contributed by atoms with Gasteiger partial charge in [0.05, 0.1) is 22.1 Å². The van der Waals surface area contributed by atoms with Crippen LogP contribution in [0.25, 0.3) is 105 Å². The molecule has 4 heterocycles. The lowest BCUT2D eigenvalue weighted by Crippen LogP contribution is -1.98. The number of furan rings is 2. The van der Waals surface area contributed by atoms with E-state index in [0.717, 1.165) is 72.0 Å². The van der Waals surface area contributed by atoms with Crippen molar-refractivity contribution in [2.45, 2.75) is 0 Å². The van der Waals surface area contributed by atoms with Gasteiger partial charge in [0, 0.05) is 32.7 Å². The molecule has 5 heteroatoms. The zero-order chi connectivity index (χ0) is 32.1. The minimum absolute atomic E-state index is 0.643. The van der Waals surface area contributed by atoms with E-state index in [-0.39, 0.29) is 0 Å². The van der Waals surface area contributed by atoms with Crippen LogP contribution in [0.5, 0.6) is 0 Å². The number of nitrogens with zero attached hydrogens (tertiary/aromatic N) is 3. The Balaban J connectivity index is 1.31. The molecule has 0 atom stereocenters. The Kier molecular flexibility index (Phi) is 5.32. The van der Waals surface area contributed by atoms with Crippen LogP contribution in [0.4, 0.5) is 0 Å². The van der Waals surface area contributed by atoms with Crippen molar-refractivity contribution >= 4 is 76.6 Å². The van der Waals surface area contributed by atoms with Crippen LogP contribution < -0.4 is 0 Å². The van der Waals surface area contributed by atoms with E-state index in [1.807, 2.05) is 60.7 Å². The average molecular weight is 628 g/mol. The third kappa shape index (κ3) is 3.81. The van der Waals surface area contributed by atoms with Gasteiger partial charge in [0.1, 0.15) is 28.0 Å². The van der Waals surface area contributed by atoms with Gasteiger partial charge in [-0.15, -0.1) is 0 Å². The second-order valence-electron chi connectivity index (χ2n) is 12.6. The van der Waals surface area contributed by atoms with Gasteiger partial charge in [0.15, 0.2) is 11.4 Å². The first-order valence-electron chi connectivity index (χ1n) is 16.4. The molecule has 0 amide bonds. The number of para-hydroxylation sites is 3. The first kappa shape index (κ1) is 26.4. The Bertz CT molecular complexity index is 3110. The van der Waals surface area contributed by atoms with Crippen molar-refractivity contribution in [1.82, 2.24) is 14.5 Å². The molecule has 0 N–H and O–H groups in total. The summed E-state index contributed by atoms with van der Waals surface area (Å²) in [5.41, 5.74) is 9.64. The number of hydrogen-bond acceptors (Lipinski definition) is 4. The van der Waals surface area contributed by atoms with Crippen LogP contribution in [0.15, 0.2) is 160 Å². The van der Waals surface area contributed by atoms with E-state index in [1.165, 1.54) is 21.5 Å². The maximum absolute atomic E-state index is 6.65. The fourth-order valence-corrected chi connectivity index (χ4v) is 7.56. The predicted octanol–water partition coefficient (Wildman–Crippen LogP) is 11.9. The van der Waals surface area contributed by atoms with Crippen molar-refractivity contribution < 1.29 is 8.83 Å². The number of rotatable bonds is 3. The van der Waals surface area contributed by atoms with Crippen LogP contribution in [0.1, 0.15) is 0 Å². The van der Waals surface area contributed by atoms with Gasteiger partial charge >= 0.3 is 0 Å². The smallest absolute Gasteiger partial charge is 0.180 e. The second-order valence-corrected chi connectivity index (χ2v) is 12.6. The van der Waals surface area contributed by atoms with E-state index in [2.05, 4.69) is 95.6 Å². The first-order valence-corrected chi connectivity index (χ1v) is 16.4. The monoisotopic (exact) mass is 627 g/mol. The summed E-state index contributed by atoms with van der Waals surface area (Å²) >= 11 is 0. The molecule has 11 rings (SSSR count). The summed E-state index contributed by atoms with van der Waals surface area (Å²) in [6, 6.07) is 52.6. The van der Waals surface area contributed by atoms with Crippen molar-refractivity contribution in [2.24, 2.45) is 0 Å². The molecule has 4 aromatic heterocycles. The molecule has 0 aliphatic rings. The molecule has 0 fully saturated rings. The minimum Gasteiger partial charge on any atom is -0.456 e. The van der Waals surface area contributed by atoms with Crippen LogP contribution in [0, 0.1) is 0 Å². The summed E-state index contributed by atoms with van der Waals surface area (Å²) in [5.74, 6) is 0.643. The highest BCUT2D eigenvalue weighted by molar-refractivity contribution is 6.17. The molecular formula is C44H25N3O2. The summed E-state index contributed by atoms with van der Waals surface area (Å²) in [4.78, 5) is 10.3. The van der Waals surface area contributed by atoms with Crippen molar-refractivity contribution in [3.63, 3.8) is 0 Å². The van der Waals surface area contributed by atoms with Gasteiger partial charge in [-0.05, 0) is 59.3 Å². The molecule has 5 nitrogen and oxygen atoms in total. The molecule has 0 unspecified atom stereocenters. The topological polar surface area (TPSA) is 57.0 Å². The largest absolute Gasteiger partial charge is 0.456 e. The maximum Gasteiger partial charge on any atom is 0.180 e. The fourth-order valence-electron chi connectivity index (χ4n) is 7.56. The summed E-state index contributed by atoms with van der Waals surface area (Å²) in [5, 5.41) is 7.87. The third-order valence-corrected chi connectivity index (χ3v) is 9.76. The van der Waals surface area contributed by atoms with Crippen molar-refractivity contribution in [3.05, 3.63) is 152 Å². The summed E-state index contributed by atoms with van der Waals surface area (Å²) in [6.45, 7) is 0. The Labute approximate surface area is 279 Å². The zero-order valence-electron chi connectivity index (χ0n) is 26.1. The van der Waals surface area contributed by atoms with E-state index in [4.69, 9.17) is 18.8 Å². The van der Waals surface area contributed by atoms with Crippen molar-refractivity contribution in [3.8, 4) is 28.3 Å². The Hall–Kier alpha value is -6.72. The van der Waals surface area contributed by atoms with Crippen LogP contribution in [0.3, 0.4) is 0 Å². The number of fused-ring (bicyclic) bond motifs is 10. The first-order chi connectivity index (χ1) is 24.3. The molecule has 11 aromatic rings. The molecule has 0 saturated heterocycles. The van der Waals surface area contributed by atoms with E-state index in [0.29, 0.717) is 11.4 Å². The van der Waals surface area contributed by atoms with E-state index in [1.54, 1.807) is 0 Å². The van der Waals surface area contributed by atoms with Gasteiger partial charge < -0.3 is 13.4 Å². The molecule has 7 aromatic carbocycles. The normalized spacial score (nSPS) is 12.1. The summed E-state index contributed by atoms with van der Waals surface area (Å²) < 4.78 is 15.6. The van der Waals surface area contributed by atoms with Gasteiger partial charge in [0.2, 0.25) is 0 Å². The highest BCUT2D eigenvalue weighted by atomic mass is 16.3. The quantitative estimate of drug-likeness (QED) is 0.196. The van der Waals surface area contributed by atoms with Crippen LogP contribution in [0.2, 0.25) is 0 Å². The van der Waals surface area contributed by atoms with Crippen molar-refractivity contribution in [1.29, 1.82) is 0 Å². The molecular weight excluding hydrogens is 603 g/mol. The molecule has 0 spiro atoms. The fraction of sp³-hybridized carbons (Fsp3) is 0. The molecule has 0 bridgehead atoms. The van der Waals surface area contributed by atoms with Crippen LogP contribution in [-0.4, -0.2) is 14.5 Å². The molecule has 0 aliphatic carbocycles. The number of hydrogen-bond donors (Lipinski definition) is 0. The lowest BCUT2D eigenvalue weighted by atomic mass is 10.0. The Morgan fingerprint density at radius 2 is 1.12 bits per heavy atom. The molecule has 49 heavy (non-hydrogen) atoms. The van der Waals surface area contributed by atoms with E-state index in [9.17, 15) is 0 Å². The second kappa shape index (κ2) is 9.89. The zero-order valence-corrected chi connectivity index (χ0v) is 26.1. The van der Waals surface area contributed by atoms with Gasteiger partial charge in [-0.1, -0.05) is 103 Å². The standard InChI is InChI=1S/C44H25N3O2/c1-2-12-26(13-3-1)44-45-41(43-42(46-44)32-18-8-11-21-38(32)49-43)29-24-36(40-31-17-7-10-20-37(31)48-39(40)25-29)47-34-19-9-6-16-30(34)33-22-27-14-4-5-15-28(27)23-35(33)47/h1-25H. The highest BCUT2D eigenvalue weighted by Gasteiger charge is 2.23. The van der Waals surface area contributed by atoms with Gasteiger partial charge in [-0.25, -0.2) is 9.97 Å². The van der Waals surface area contributed by atoms with Crippen LogP contribution in [-0.2, 0) is 0 Å². The number of aromatic nitrogens is 3. The Morgan fingerprint density at radius 3 is 1.96 bits per heavy atom. The SMILES string of the molecule is c1ccc(-c2nc(-c3cc(-n4c5ccccc5c5cc6ccccc6cc54)c4c(c3)oc3ccccc34)c3oc4ccccc4c3n2)cc1. The van der Waals surface area contributed by atoms with Gasteiger partial charge in [-0.2, -0.15) is 0 Å². The lowest BCUT2D eigenvalue weighted by molar-refractivity contribution is 0.666. The van der Waals surface area contributed by atoms with Gasteiger partial charge in [0.25, 0.3) is 0 Å². The third-order valence-electron chi connectivity index (χ3n) is 9.76. The minimum atomic E-state index is 0.643. The molecule has 0 aliphatic heterocycles. The van der Waals surface area contributed by atoms with Gasteiger partial charge in [-0.3, -0.25) is 0 Å². The molecule has 228 valence electrons. The lowest BCUT2D eigenvalue weighted by Gasteiger charge is -2.13. The summed E-state index contributed by atoms with van der Waals surface area (Å²) in [7, 11) is 0. The number of benzene rings is 7. The van der Waals surface area contributed by atoms with E-state index >= 15 is 0 Å². The molecule has 0 radical (unpaired) electrons. The average Bonchev–Trinajstić information content (AvgIpc) is 3.83. The predicted molar refractivity (Wildman–Crippen MR) is 199 cm³/mol. The van der Waals surface area contributed by atoms with E-state index < -0.39 is 0 Å². The maximum atomic E-state index is 6.65.